The molecule has 48 heavy (non-hydrogen) atoms. The topological polar surface area (TPSA) is 4.93 Å². The van der Waals surface area contributed by atoms with E-state index in [4.69, 9.17) is 0 Å². The van der Waals surface area contributed by atoms with E-state index in [0.29, 0.717) is 35.5 Å². The maximum atomic E-state index is 2.64. The summed E-state index contributed by atoms with van der Waals surface area (Å²) in [5, 5.41) is 5.45. The van der Waals surface area contributed by atoms with Gasteiger partial charge in [0, 0.05) is 28.3 Å². The molecular weight excluding hydrogens is 579 g/mol. The van der Waals surface area contributed by atoms with Gasteiger partial charge in [-0.05, 0) is 122 Å². The molecule has 0 radical (unpaired) electrons. The van der Waals surface area contributed by atoms with Gasteiger partial charge in [-0.1, -0.05) is 120 Å². The number of hydrogen-bond acceptors (Lipinski definition) is 0. The minimum Gasteiger partial charge on any atom is -0.312 e. The van der Waals surface area contributed by atoms with Crippen molar-refractivity contribution in [2.45, 2.75) is 77.6 Å². The van der Waals surface area contributed by atoms with Crippen molar-refractivity contribution >= 4 is 38.3 Å². The van der Waals surface area contributed by atoms with E-state index in [9.17, 15) is 0 Å². The van der Waals surface area contributed by atoms with Crippen LogP contribution in [0.25, 0.3) is 49.4 Å². The van der Waals surface area contributed by atoms with Gasteiger partial charge in [-0.3, -0.25) is 0 Å². The summed E-state index contributed by atoms with van der Waals surface area (Å²) < 4.78 is 2.64. The van der Waals surface area contributed by atoms with Crippen LogP contribution in [0.5, 0.6) is 0 Å². The van der Waals surface area contributed by atoms with Gasteiger partial charge < -0.3 is 4.57 Å². The van der Waals surface area contributed by atoms with E-state index in [-0.39, 0.29) is 5.41 Å². The fraction of sp³-hybridized carbons (Fsp3) is 0.319. The lowest BCUT2D eigenvalue weighted by Crippen LogP contribution is -2.24. The second-order valence-electron chi connectivity index (χ2n) is 16.6. The smallest absolute Gasteiger partial charge is 0.0577 e. The zero-order chi connectivity index (χ0) is 32.6. The molecule has 0 N–H and O–H groups in total. The summed E-state index contributed by atoms with van der Waals surface area (Å²) in [6.45, 7) is 14.2. The average molecular weight is 624 g/mol. The fourth-order valence-electron chi connectivity index (χ4n) is 10.1. The van der Waals surface area contributed by atoms with Crippen LogP contribution in [0.3, 0.4) is 0 Å². The lowest BCUT2D eigenvalue weighted by atomic mass is 9.74. The normalized spacial score (nSPS) is 24.6. The molecule has 1 aromatic heterocycles. The van der Waals surface area contributed by atoms with Gasteiger partial charge in [0.15, 0.2) is 0 Å². The zero-order valence-electron chi connectivity index (χ0n) is 29.1. The summed E-state index contributed by atoms with van der Waals surface area (Å²) in [6, 6.07) is 24.5. The predicted molar refractivity (Wildman–Crippen MR) is 205 cm³/mol. The second-order valence-corrected chi connectivity index (χ2v) is 16.6. The quantitative estimate of drug-likeness (QED) is 0.188. The lowest BCUT2D eigenvalue weighted by molar-refractivity contribution is 0.394. The Bertz CT molecular complexity index is 2390. The minimum atomic E-state index is 0.102. The summed E-state index contributed by atoms with van der Waals surface area (Å²) >= 11 is 0. The van der Waals surface area contributed by atoms with Crippen molar-refractivity contribution < 1.29 is 0 Å². The maximum absolute atomic E-state index is 2.64. The largest absolute Gasteiger partial charge is 0.312 e. The highest BCUT2D eigenvalue weighted by Gasteiger charge is 2.44. The standard InChI is InChI=1S/C47H45N/c1-26(2)28-11-13-31-24-44-38(19-33(31)17-28)40-21-35(30-15-16-37-36-9-7-8-10-42(36)47(5,6)43(37)23-30)22-41-39-20-34-18-29(27(3)4)12-14-32(34)25-45(39)48(44)46(40)41/h7-17,19,21-27,29,36,39,42H,18,20H2,1-6H3. The van der Waals surface area contributed by atoms with Crippen molar-refractivity contribution in [2.75, 3.05) is 0 Å². The highest BCUT2D eigenvalue weighted by Crippen LogP contribution is 2.56. The Balaban J connectivity index is 1.21. The maximum Gasteiger partial charge on any atom is 0.0577 e. The molecule has 4 unspecified atom stereocenters. The molecule has 1 aliphatic heterocycles. The predicted octanol–water partition coefficient (Wildman–Crippen LogP) is 12.7. The molecule has 5 aliphatic rings. The first kappa shape index (κ1) is 28.6. The minimum absolute atomic E-state index is 0.102. The fourth-order valence-corrected chi connectivity index (χ4v) is 10.1. The van der Waals surface area contributed by atoms with Crippen molar-refractivity contribution in [3.05, 3.63) is 137 Å². The molecule has 4 aromatic carbocycles. The summed E-state index contributed by atoms with van der Waals surface area (Å²) in [4.78, 5) is 0. The van der Waals surface area contributed by atoms with Crippen LogP contribution in [-0.4, -0.2) is 4.57 Å². The van der Waals surface area contributed by atoms with Gasteiger partial charge in [-0.15, -0.1) is 0 Å². The second kappa shape index (κ2) is 9.85. The first-order valence-corrected chi connectivity index (χ1v) is 18.3. The van der Waals surface area contributed by atoms with E-state index in [1.54, 1.807) is 5.57 Å². The molecule has 0 saturated heterocycles. The Hall–Kier alpha value is -4.36. The molecule has 1 nitrogen and oxygen atoms in total. The van der Waals surface area contributed by atoms with Gasteiger partial charge in [-0.25, -0.2) is 0 Å². The highest BCUT2D eigenvalue weighted by molar-refractivity contribution is 6.18. The number of fused-ring (bicyclic) bond motifs is 10. The molecular formula is C47H45N. The molecule has 10 rings (SSSR count). The van der Waals surface area contributed by atoms with E-state index in [0.717, 1.165) is 6.42 Å². The van der Waals surface area contributed by atoms with Crippen LogP contribution in [-0.2, 0) is 5.41 Å². The average Bonchev–Trinajstić information content (AvgIpc) is 3.67. The van der Waals surface area contributed by atoms with Gasteiger partial charge in [-0.2, -0.15) is 0 Å². The molecule has 1 heteroatoms. The third-order valence-corrected chi connectivity index (χ3v) is 13.0. The van der Waals surface area contributed by atoms with Crippen LogP contribution in [0.4, 0.5) is 0 Å². The monoisotopic (exact) mass is 623 g/mol. The van der Waals surface area contributed by atoms with Crippen molar-refractivity contribution in [3.63, 3.8) is 0 Å². The van der Waals surface area contributed by atoms with Crippen LogP contribution in [0.2, 0.25) is 0 Å². The van der Waals surface area contributed by atoms with Gasteiger partial charge in [0.1, 0.15) is 0 Å². The van der Waals surface area contributed by atoms with E-state index < -0.39 is 0 Å². The highest BCUT2D eigenvalue weighted by atomic mass is 15.0. The van der Waals surface area contributed by atoms with Crippen LogP contribution in [0.1, 0.15) is 94.4 Å². The van der Waals surface area contributed by atoms with E-state index in [2.05, 4.69) is 149 Å². The summed E-state index contributed by atoms with van der Waals surface area (Å²) in [5.41, 5.74) is 16.1. The van der Waals surface area contributed by atoms with Gasteiger partial charge >= 0.3 is 0 Å². The molecule has 4 atom stereocenters. The zero-order valence-corrected chi connectivity index (χ0v) is 29.1. The lowest BCUT2D eigenvalue weighted by Gasteiger charge is -2.30. The molecule has 0 saturated carbocycles. The third-order valence-electron chi connectivity index (χ3n) is 13.0. The Morgan fingerprint density at radius 3 is 2.44 bits per heavy atom. The molecule has 5 aromatic rings. The summed E-state index contributed by atoms with van der Waals surface area (Å²) in [7, 11) is 0. The van der Waals surface area contributed by atoms with Crippen LogP contribution in [0.15, 0.2) is 114 Å². The van der Waals surface area contributed by atoms with E-state index in [1.807, 2.05) is 0 Å². The van der Waals surface area contributed by atoms with E-state index in [1.165, 1.54) is 83.6 Å². The summed E-state index contributed by atoms with van der Waals surface area (Å²) in [5.74, 6) is 3.21. The molecule has 2 heterocycles. The molecule has 0 spiro atoms. The van der Waals surface area contributed by atoms with Gasteiger partial charge in [0.2, 0.25) is 0 Å². The Kier molecular flexibility index (Phi) is 5.88. The Morgan fingerprint density at radius 1 is 0.750 bits per heavy atom. The van der Waals surface area contributed by atoms with Gasteiger partial charge in [0.25, 0.3) is 0 Å². The number of rotatable bonds is 3. The molecule has 238 valence electrons. The first-order valence-electron chi connectivity index (χ1n) is 18.3. The Labute approximate surface area is 285 Å². The Morgan fingerprint density at radius 2 is 1.60 bits per heavy atom. The number of hydrogen-bond donors (Lipinski definition) is 0. The van der Waals surface area contributed by atoms with Crippen molar-refractivity contribution in [1.29, 1.82) is 0 Å². The molecule has 0 amide bonds. The number of benzene rings is 4. The SMILES string of the molecule is CC(C)c1ccc2cc3c(cc2c1)c1cc(-c2ccc4c(c2)C(C)(C)C2C=CC=CC42)cc2c1n3C1=CC3=C(CC12)CC(C(C)C)C=C3. The molecule has 0 fully saturated rings. The van der Waals surface area contributed by atoms with Crippen LogP contribution in [0, 0.1) is 17.8 Å². The van der Waals surface area contributed by atoms with Crippen LogP contribution < -0.4 is 0 Å². The van der Waals surface area contributed by atoms with Gasteiger partial charge in [0.05, 0.1) is 11.0 Å². The van der Waals surface area contributed by atoms with Crippen molar-refractivity contribution in [1.82, 2.24) is 4.57 Å². The van der Waals surface area contributed by atoms with E-state index >= 15 is 0 Å². The third kappa shape index (κ3) is 3.85. The first-order chi connectivity index (χ1) is 23.2. The number of aromatic nitrogens is 1. The van der Waals surface area contributed by atoms with Crippen LogP contribution >= 0.6 is 0 Å². The molecule has 4 aliphatic carbocycles. The van der Waals surface area contributed by atoms with Crippen molar-refractivity contribution in [3.8, 4) is 11.1 Å². The van der Waals surface area contributed by atoms with Crippen molar-refractivity contribution in [2.24, 2.45) is 17.8 Å². The number of allylic oxidation sites excluding steroid dienone is 10. The number of nitrogens with zero attached hydrogens (tertiary/aromatic N) is 1. The summed E-state index contributed by atoms with van der Waals surface area (Å²) in [6.07, 6.45) is 19.1. The molecule has 0 bridgehead atoms.